The van der Waals surface area contributed by atoms with Crippen molar-refractivity contribution in [2.75, 3.05) is 19.7 Å². The summed E-state index contributed by atoms with van der Waals surface area (Å²) in [6.07, 6.45) is 0.118. The highest BCUT2D eigenvalue weighted by atomic mass is 16.5. The van der Waals surface area contributed by atoms with Gasteiger partial charge in [-0.3, -0.25) is 9.59 Å². The summed E-state index contributed by atoms with van der Waals surface area (Å²) in [6, 6.07) is 16.2. The number of carbonyl (C=O) groups excluding carboxylic acids is 2. The molecule has 7 heteroatoms. The topological polar surface area (TPSA) is 95.9 Å². The van der Waals surface area contributed by atoms with Gasteiger partial charge in [-0.25, -0.2) is 4.79 Å². The monoisotopic (exact) mass is 450 g/mol. The highest BCUT2D eigenvalue weighted by molar-refractivity contribution is 5.89. The van der Waals surface area contributed by atoms with Crippen LogP contribution in [0, 0.1) is 5.41 Å². The number of aliphatic carboxylic acids is 1. The number of nitrogens with zero attached hydrogens (tertiary/aromatic N) is 1. The molecule has 2 aromatic rings. The molecular weight excluding hydrogens is 420 g/mol. The lowest BCUT2D eigenvalue weighted by atomic mass is 9.80. The normalized spacial score (nSPS) is 17.1. The van der Waals surface area contributed by atoms with Gasteiger partial charge in [0, 0.05) is 19.0 Å². The molecule has 2 N–H and O–H groups in total. The number of benzene rings is 2. The van der Waals surface area contributed by atoms with Gasteiger partial charge < -0.3 is 20.1 Å². The van der Waals surface area contributed by atoms with Gasteiger partial charge in [0.15, 0.2) is 0 Å². The molecule has 0 saturated carbocycles. The van der Waals surface area contributed by atoms with Crippen LogP contribution in [0.25, 0.3) is 11.1 Å². The molecule has 1 fully saturated rings. The third-order valence-electron chi connectivity index (χ3n) is 6.96. The number of ether oxygens (including phenoxy) is 1. The van der Waals surface area contributed by atoms with E-state index in [0.717, 1.165) is 22.3 Å². The van der Waals surface area contributed by atoms with Gasteiger partial charge in [-0.15, -0.1) is 0 Å². The van der Waals surface area contributed by atoms with E-state index in [1.54, 1.807) is 25.7 Å². The van der Waals surface area contributed by atoms with Gasteiger partial charge in [0.1, 0.15) is 12.1 Å². The molecule has 0 bridgehead atoms. The maximum absolute atomic E-state index is 13.0. The van der Waals surface area contributed by atoms with Crippen LogP contribution in [-0.2, 0) is 14.3 Å². The van der Waals surface area contributed by atoms with Gasteiger partial charge >= 0.3 is 12.1 Å². The lowest BCUT2D eigenvalue weighted by molar-refractivity contribution is -0.154. The molecule has 0 unspecified atom stereocenters. The van der Waals surface area contributed by atoms with E-state index in [2.05, 4.69) is 29.6 Å². The maximum atomic E-state index is 13.0. The number of hydrogen-bond donors (Lipinski definition) is 2. The Morgan fingerprint density at radius 1 is 1.03 bits per heavy atom. The molecule has 174 valence electrons. The number of carboxylic acids is 1. The minimum atomic E-state index is -1.17. The van der Waals surface area contributed by atoms with Crippen LogP contribution in [0.15, 0.2) is 48.5 Å². The summed E-state index contributed by atoms with van der Waals surface area (Å²) in [5.74, 6) is -1.15. The standard InChI is InChI=1S/C26H30N2O5/c1-25(2,22(29)28-14-12-26(3,13-15-28)23(30)31)27-24(32)33-16-21-19-10-6-4-8-17(19)18-9-5-7-11-20(18)21/h4-11,21H,12-16H2,1-3H3,(H,27,32)(H,30,31). The molecule has 7 nitrogen and oxygen atoms in total. The number of hydrogen-bond acceptors (Lipinski definition) is 4. The highest BCUT2D eigenvalue weighted by Gasteiger charge is 2.42. The first-order valence-corrected chi connectivity index (χ1v) is 11.3. The average molecular weight is 451 g/mol. The first-order chi connectivity index (χ1) is 15.6. The van der Waals surface area contributed by atoms with Gasteiger partial charge in [-0.2, -0.15) is 0 Å². The number of carboxylic acid groups (broad SMARTS) is 1. The summed E-state index contributed by atoms with van der Waals surface area (Å²) in [6.45, 7) is 5.85. The van der Waals surface area contributed by atoms with E-state index in [1.165, 1.54) is 0 Å². The van der Waals surface area contributed by atoms with E-state index in [-0.39, 0.29) is 18.4 Å². The minimum Gasteiger partial charge on any atom is -0.481 e. The first-order valence-electron chi connectivity index (χ1n) is 11.3. The van der Waals surface area contributed by atoms with E-state index < -0.39 is 23.0 Å². The van der Waals surface area contributed by atoms with Crippen molar-refractivity contribution in [3.63, 3.8) is 0 Å². The quantitative estimate of drug-likeness (QED) is 0.717. The van der Waals surface area contributed by atoms with Crippen LogP contribution in [0.3, 0.4) is 0 Å². The van der Waals surface area contributed by atoms with E-state index in [0.29, 0.717) is 25.9 Å². The Bertz CT molecular complexity index is 1040. The molecule has 1 aliphatic heterocycles. The molecule has 2 amide bonds. The van der Waals surface area contributed by atoms with Crippen LogP contribution >= 0.6 is 0 Å². The van der Waals surface area contributed by atoms with Crippen LogP contribution in [0.2, 0.25) is 0 Å². The SMILES string of the molecule is CC1(C(=O)O)CCN(C(=O)C(C)(C)NC(=O)OCC2c3ccccc3-c3ccccc32)CC1. The largest absolute Gasteiger partial charge is 0.481 e. The predicted octanol–water partition coefficient (Wildman–Crippen LogP) is 4.02. The number of nitrogens with one attached hydrogen (secondary N) is 1. The molecule has 0 spiro atoms. The molecule has 0 radical (unpaired) electrons. The van der Waals surface area contributed by atoms with Crippen LogP contribution in [-0.4, -0.2) is 53.2 Å². The molecular formula is C26H30N2O5. The Balaban J connectivity index is 1.37. The zero-order chi connectivity index (χ0) is 23.8. The summed E-state index contributed by atoms with van der Waals surface area (Å²) < 4.78 is 5.58. The third-order valence-corrected chi connectivity index (χ3v) is 6.96. The average Bonchev–Trinajstić information content (AvgIpc) is 3.11. The third kappa shape index (κ3) is 4.32. The second kappa shape index (κ2) is 8.54. The Morgan fingerprint density at radius 2 is 1.55 bits per heavy atom. The molecule has 1 saturated heterocycles. The maximum Gasteiger partial charge on any atom is 0.408 e. The van der Waals surface area contributed by atoms with Crippen molar-refractivity contribution in [1.82, 2.24) is 10.2 Å². The molecule has 1 heterocycles. The second-order valence-electron chi connectivity index (χ2n) is 9.73. The summed E-state index contributed by atoms with van der Waals surface area (Å²) in [7, 11) is 0. The zero-order valence-corrected chi connectivity index (χ0v) is 19.3. The van der Waals surface area contributed by atoms with Crippen molar-refractivity contribution in [3.05, 3.63) is 59.7 Å². The van der Waals surface area contributed by atoms with Crippen molar-refractivity contribution in [3.8, 4) is 11.1 Å². The minimum absolute atomic E-state index is 0.0576. The second-order valence-corrected chi connectivity index (χ2v) is 9.73. The Hall–Kier alpha value is -3.35. The van der Waals surface area contributed by atoms with Crippen molar-refractivity contribution >= 4 is 18.0 Å². The van der Waals surface area contributed by atoms with Gasteiger partial charge in [-0.1, -0.05) is 48.5 Å². The molecule has 0 atom stereocenters. The Kier molecular flexibility index (Phi) is 5.91. The number of piperidine rings is 1. The number of amides is 2. The van der Waals surface area contributed by atoms with Crippen LogP contribution in [0.5, 0.6) is 0 Å². The molecule has 4 rings (SSSR count). The van der Waals surface area contributed by atoms with E-state index in [1.807, 2.05) is 24.3 Å². The van der Waals surface area contributed by atoms with Crippen LogP contribution in [0.1, 0.15) is 50.7 Å². The smallest absolute Gasteiger partial charge is 0.408 e. The summed E-state index contributed by atoms with van der Waals surface area (Å²) in [5, 5.41) is 12.1. The van der Waals surface area contributed by atoms with Crippen molar-refractivity contribution in [2.24, 2.45) is 5.41 Å². The Labute approximate surface area is 193 Å². The van der Waals surface area contributed by atoms with Crippen molar-refractivity contribution < 1.29 is 24.2 Å². The fourth-order valence-corrected chi connectivity index (χ4v) is 4.76. The van der Waals surface area contributed by atoms with Crippen LogP contribution in [0.4, 0.5) is 4.79 Å². The molecule has 0 aromatic heterocycles. The number of carbonyl (C=O) groups is 3. The summed E-state index contributed by atoms with van der Waals surface area (Å²) in [4.78, 5) is 38.7. The Morgan fingerprint density at radius 3 is 2.06 bits per heavy atom. The highest BCUT2D eigenvalue weighted by Crippen LogP contribution is 2.44. The number of alkyl carbamates (subject to hydrolysis) is 1. The van der Waals surface area contributed by atoms with Crippen LogP contribution < -0.4 is 5.32 Å². The van der Waals surface area contributed by atoms with Gasteiger partial charge in [0.25, 0.3) is 0 Å². The van der Waals surface area contributed by atoms with E-state index in [9.17, 15) is 19.5 Å². The van der Waals surface area contributed by atoms with E-state index >= 15 is 0 Å². The number of fused-ring (bicyclic) bond motifs is 3. The lowest BCUT2D eigenvalue weighted by Crippen LogP contribution is -2.58. The number of rotatable bonds is 5. The van der Waals surface area contributed by atoms with Crippen molar-refractivity contribution in [2.45, 2.75) is 45.1 Å². The summed E-state index contributed by atoms with van der Waals surface area (Å²) in [5.41, 5.74) is 2.56. The molecule has 33 heavy (non-hydrogen) atoms. The molecule has 2 aromatic carbocycles. The fraction of sp³-hybridized carbons (Fsp3) is 0.423. The first kappa shape index (κ1) is 22.8. The zero-order valence-electron chi connectivity index (χ0n) is 19.3. The fourth-order valence-electron chi connectivity index (χ4n) is 4.76. The predicted molar refractivity (Wildman–Crippen MR) is 124 cm³/mol. The lowest BCUT2D eigenvalue weighted by Gasteiger charge is -2.39. The van der Waals surface area contributed by atoms with Gasteiger partial charge in [-0.05, 0) is 55.9 Å². The number of likely N-dealkylation sites (tertiary alicyclic amines) is 1. The molecule has 1 aliphatic carbocycles. The summed E-state index contributed by atoms with van der Waals surface area (Å²) >= 11 is 0. The van der Waals surface area contributed by atoms with E-state index in [4.69, 9.17) is 4.74 Å². The van der Waals surface area contributed by atoms with Gasteiger partial charge in [0.05, 0.1) is 5.41 Å². The van der Waals surface area contributed by atoms with Gasteiger partial charge in [0.2, 0.25) is 5.91 Å². The molecule has 2 aliphatic rings. The van der Waals surface area contributed by atoms with Crippen molar-refractivity contribution in [1.29, 1.82) is 0 Å².